The summed E-state index contributed by atoms with van der Waals surface area (Å²) in [6.45, 7) is 5.29. The second-order valence-electron chi connectivity index (χ2n) is 5.32. The molecule has 0 aromatic rings. The van der Waals surface area contributed by atoms with Crippen molar-refractivity contribution in [3.8, 4) is 0 Å². The molecule has 1 aliphatic heterocycles. The molecule has 1 rings (SSSR count). The first-order chi connectivity index (χ1) is 8.25. The van der Waals surface area contributed by atoms with Gasteiger partial charge in [-0.1, -0.05) is 39.2 Å². The Morgan fingerprint density at radius 3 is 2.65 bits per heavy atom. The highest BCUT2D eigenvalue weighted by Crippen LogP contribution is 2.17. The zero-order valence-electron chi connectivity index (χ0n) is 11.5. The van der Waals surface area contributed by atoms with Crippen LogP contribution in [0.4, 0.5) is 0 Å². The Bertz CT molecular complexity index is 212. The van der Waals surface area contributed by atoms with E-state index in [9.17, 15) is 4.79 Å². The fourth-order valence-corrected chi connectivity index (χ4v) is 4.73. The van der Waals surface area contributed by atoms with Gasteiger partial charge in [0.15, 0.2) is 0 Å². The molecule has 2 nitrogen and oxygen atoms in total. The molecule has 1 saturated heterocycles. The van der Waals surface area contributed by atoms with Crippen molar-refractivity contribution in [1.82, 2.24) is 0 Å². The normalized spacial score (nSPS) is 22.4. The number of hydrogen-bond donors (Lipinski definition) is 0. The molecule has 2 atom stereocenters. The number of hydrogen-bond acceptors (Lipinski definition) is 2. The summed E-state index contributed by atoms with van der Waals surface area (Å²) in [5.74, 6) is 0. The molecule has 17 heavy (non-hydrogen) atoms. The van der Waals surface area contributed by atoms with Crippen molar-refractivity contribution in [2.75, 3.05) is 6.61 Å². The molecule has 1 fully saturated rings. The van der Waals surface area contributed by atoms with E-state index in [0.717, 1.165) is 25.9 Å². The topological polar surface area (TPSA) is 26.3 Å². The van der Waals surface area contributed by atoms with Crippen LogP contribution in [0.2, 0.25) is 6.55 Å². The molecular weight excluding hydrogens is 228 g/mol. The van der Waals surface area contributed by atoms with Crippen LogP contribution in [0.1, 0.15) is 64.7 Å². The van der Waals surface area contributed by atoms with Crippen molar-refractivity contribution in [2.24, 2.45) is 0 Å². The fraction of sp³-hybridized carbons (Fsp3) is 0.929. The van der Waals surface area contributed by atoms with Crippen LogP contribution in [0.3, 0.4) is 0 Å². The minimum absolute atomic E-state index is 0.340. The predicted octanol–water partition coefficient (Wildman–Crippen LogP) is 3.42. The van der Waals surface area contributed by atoms with E-state index in [4.69, 9.17) is 4.74 Å². The van der Waals surface area contributed by atoms with Crippen molar-refractivity contribution in [3.63, 3.8) is 0 Å². The van der Waals surface area contributed by atoms with Crippen molar-refractivity contribution in [2.45, 2.75) is 77.0 Å². The van der Waals surface area contributed by atoms with Crippen LogP contribution in [0, 0.1) is 0 Å². The van der Waals surface area contributed by atoms with Gasteiger partial charge in [-0.15, -0.1) is 0 Å². The molecule has 0 aliphatic carbocycles. The predicted molar refractivity (Wildman–Crippen MR) is 75.0 cm³/mol. The zero-order valence-corrected chi connectivity index (χ0v) is 12.7. The van der Waals surface area contributed by atoms with E-state index < -0.39 is 8.80 Å². The van der Waals surface area contributed by atoms with Crippen molar-refractivity contribution in [1.29, 1.82) is 0 Å². The van der Waals surface area contributed by atoms with Crippen LogP contribution in [0.5, 0.6) is 0 Å². The van der Waals surface area contributed by atoms with E-state index in [1.54, 1.807) is 0 Å². The van der Waals surface area contributed by atoms with Gasteiger partial charge in [0.1, 0.15) is 14.2 Å². The van der Waals surface area contributed by atoms with Gasteiger partial charge in [0.05, 0.1) is 5.73 Å². The molecule has 0 spiro atoms. The maximum Gasteiger partial charge on any atom is 0.146 e. The Kier molecular flexibility index (Phi) is 7.78. The van der Waals surface area contributed by atoms with Gasteiger partial charge in [-0.3, -0.25) is 0 Å². The van der Waals surface area contributed by atoms with Crippen LogP contribution < -0.4 is 0 Å². The van der Waals surface area contributed by atoms with Crippen LogP contribution in [-0.2, 0) is 9.53 Å². The highest BCUT2D eigenvalue weighted by molar-refractivity contribution is 6.90. The Morgan fingerprint density at radius 2 is 2.00 bits per heavy atom. The Morgan fingerprint density at radius 1 is 1.24 bits per heavy atom. The lowest BCUT2D eigenvalue weighted by Gasteiger charge is -2.26. The molecule has 0 radical (unpaired) electrons. The van der Waals surface area contributed by atoms with E-state index in [1.807, 2.05) is 0 Å². The van der Waals surface area contributed by atoms with Gasteiger partial charge < -0.3 is 9.53 Å². The second-order valence-corrected chi connectivity index (χ2v) is 8.29. The first-order valence-electron chi connectivity index (χ1n) is 7.40. The average molecular weight is 256 g/mol. The van der Waals surface area contributed by atoms with E-state index in [2.05, 4.69) is 13.5 Å². The van der Waals surface area contributed by atoms with Gasteiger partial charge in [0.25, 0.3) is 0 Å². The van der Waals surface area contributed by atoms with Gasteiger partial charge >= 0.3 is 0 Å². The van der Waals surface area contributed by atoms with Gasteiger partial charge in [-0.25, -0.2) is 0 Å². The van der Waals surface area contributed by atoms with Crippen molar-refractivity contribution < 1.29 is 9.53 Å². The van der Waals surface area contributed by atoms with Crippen LogP contribution >= 0.6 is 0 Å². The summed E-state index contributed by atoms with van der Waals surface area (Å²) in [7, 11) is -1.30. The lowest BCUT2D eigenvalue weighted by molar-refractivity contribution is -0.113. The lowest BCUT2D eigenvalue weighted by atomic mass is 10.1. The first-order valence-corrected chi connectivity index (χ1v) is 9.80. The summed E-state index contributed by atoms with van der Waals surface area (Å²) in [5.41, 5.74) is 0.340. The molecule has 1 heterocycles. The third-order valence-electron chi connectivity index (χ3n) is 3.81. The molecule has 100 valence electrons. The van der Waals surface area contributed by atoms with Gasteiger partial charge in [-0.2, -0.15) is 0 Å². The largest absolute Gasteiger partial charge is 0.381 e. The Labute approximate surface area is 108 Å². The third kappa shape index (κ3) is 5.82. The van der Waals surface area contributed by atoms with Crippen LogP contribution in [0.15, 0.2) is 0 Å². The highest BCUT2D eigenvalue weighted by atomic mass is 28.3. The van der Waals surface area contributed by atoms with E-state index in [-0.39, 0.29) is 0 Å². The monoisotopic (exact) mass is 256 g/mol. The van der Waals surface area contributed by atoms with Crippen LogP contribution in [0.25, 0.3) is 0 Å². The van der Waals surface area contributed by atoms with Crippen molar-refractivity contribution >= 4 is 14.2 Å². The maximum absolute atomic E-state index is 12.1. The quantitative estimate of drug-likeness (QED) is 0.491. The summed E-state index contributed by atoms with van der Waals surface area (Å²) in [6.07, 6.45) is 10.6. The lowest BCUT2D eigenvalue weighted by Crippen LogP contribution is -2.40. The molecule has 1 aliphatic rings. The zero-order chi connectivity index (χ0) is 12.5. The van der Waals surface area contributed by atoms with Gasteiger partial charge in [0, 0.05) is 13.0 Å². The minimum Gasteiger partial charge on any atom is -0.381 e. The molecule has 0 N–H and O–H groups in total. The molecule has 0 bridgehead atoms. The fourth-order valence-electron chi connectivity index (χ4n) is 2.50. The minimum atomic E-state index is -1.30. The number of rotatable bonds is 8. The van der Waals surface area contributed by atoms with E-state index in [0.29, 0.717) is 11.1 Å². The molecule has 0 saturated carbocycles. The molecule has 0 amide bonds. The Hall–Kier alpha value is -0.153. The van der Waals surface area contributed by atoms with Gasteiger partial charge in [0.2, 0.25) is 0 Å². The van der Waals surface area contributed by atoms with Crippen LogP contribution in [-0.4, -0.2) is 26.5 Å². The molecule has 0 aromatic carbocycles. The molecular formula is C14H28O2Si. The SMILES string of the molecule is CCCCCCCC(=O)[SiH](C)C1CCCCO1. The van der Waals surface area contributed by atoms with Gasteiger partial charge in [-0.05, 0) is 25.7 Å². The molecule has 0 aromatic heterocycles. The number of carbonyl (C=O) groups excluding carboxylic acids is 1. The summed E-state index contributed by atoms with van der Waals surface area (Å²) < 4.78 is 5.75. The van der Waals surface area contributed by atoms with Crippen molar-refractivity contribution in [3.05, 3.63) is 0 Å². The summed E-state index contributed by atoms with van der Waals surface area (Å²) in [4.78, 5) is 12.1. The molecule has 3 heteroatoms. The summed E-state index contributed by atoms with van der Waals surface area (Å²) in [6, 6.07) is 0. The average Bonchev–Trinajstić information content (AvgIpc) is 2.38. The molecule has 2 unspecified atom stereocenters. The third-order valence-corrected chi connectivity index (χ3v) is 6.75. The number of unbranched alkanes of at least 4 members (excludes halogenated alkanes) is 4. The summed E-state index contributed by atoms with van der Waals surface area (Å²) in [5, 5.41) is 0.549. The summed E-state index contributed by atoms with van der Waals surface area (Å²) >= 11 is 0. The standard InChI is InChI=1S/C14H28O2Si/c1-3-4-5-6-7-10-13(15)17(2)14-11-8-9-12-16-14/h14,17H,3-12H2,1-2H3. The second kappa shape index (κ2) is 8.87. The van der Waals surface area contributed by atoms with E-state index >= 15 is 0 Å². The maximum atomic E-state index is 12.1. The number of carbonyl (C=O) groups is 1. The first kappa shape index (κ1) is 14.9. The highest BCUT2D eigenvalue weighted by Gasteiger charge is 2.27. The van der Waals surface area contributed by atoms with E-state index in [1.165, 1.54) is 38.5 Å². The Balaban J connectivity index is 2.13. The smallest absolute Gasteiger partial charge is 0.146 e. The number of ether oxygens (including phenoxy) is 1.